The van der Waals surface area contributed by atoms with Gasteiger partial charge < -0.3 is 5.11 Å². The van der Waals surface area contributed by atoms with E-state index in [1.807, 2.05) is 30.3 Å². The van der Waals surface area contributed by atoms with Gasteiger partial charge in [-0.3, -0.25) is 4.98 Å². The number of benzene rings is 2. The Balaban J connectivity index is 1.84. The number of fused-ring (bicyclic) bond motifs is 1. The van der Waals surface area contributed by atoms with Crippen LogP contribution in [0.5, 0.6) is 0 Å². The van der Waals surface area contributed by atoms with Gasteiger partial charge in [-0.25, -0.2) is 0 Å². The molecule has 0 saturated heterocycles. The molecule has 23 heavy (non-hydrogen) atoms. The fraction of sp³-hybridized carbons (Fsp3) is 0.167. The zero-order valence-electron chi connectivity index (χ0n) is 12.1. The highest BCUT2D eigenvalue weighted by molar-refractivity contribution is 5.78. The van der Waals surface area contributed by atoms with Gasteiger partial charge in [0.05, 0.1) is 17.2 Å². The highest BCUT2D eigenvalue weighted by atomic mass is 19.4. The summed E-state index contributed by atoms with van der Waals surface area (Å²) in [6.07, 6.45) is -5.30. The summed E-state index contributed by atoms with van der Waals surface area (Å²) >= 11 is 0. The Morgan fingerprint density at radius 1 is 0.957 bits per heavy atom. The average Bonchev–Trinajstić information content (AvgIpc) is 2.54. The molecular formula is C18H14F3NO. The molecule has 1 unspecified atom stereocenters. The molecule has 0 saturated carbocycles. The Morgan fingerprint density at radius 3 is 2.52 bits per heavy atom. The van der Waals surface area contributed by atoms with Gasteiger partial charge in [-0.1, -0.05) is 36.4 Å². The minimum Gasteiger partial charge on any atom is -0.388 e. The lowest BCUT2D eigenvalue weighted by Gasteiger charge is -2.13. The molecule has 0 bridgehead atoms. The second kappa shape index (κ2) is 6.01. The third kappa shape index (κ3) is 3.51. The summed E-state index contributed by atoms with van der Waals surface area (Å²) in [5.74, 6) is 0. The number of rotatable bonds is 3. The molecule has 3 aromatic rings. The van der Waals surface area contributed by atoms with Crippen molar-refractivity contribution in [3.8, 4) is 0 Å². The van der Waals surface area contributed by atoms with Crippen molar-refractivity contribution in [3.05, 3.63) is 77.5 Å². The molecule has 1 atom stereocenters. The maximum Gasteiger partial charge on any atom is 0.416 e. The van der Waals surface area contributed by atoms with Crippen molar-refractivity contribution in [2.24, 2.45) is 0 Å². The number of hydrogen-bond acceptors (Lipinski definition) is 2. The van der Waals surface area contributed by atoms with Crippen LogP contribution in [0.1, 0.15) is 22.9 Å². The van der Waals surface area contributed by atoms with Crippen LogP contribution in [0.4, 0.5) is 13.2 Å². The van der Waals surface area contributed by atoms with Crippen LogP contribution in [-0.4, -0.2) is 10.1 Å². The Hall–Kier alpha value is -2.40. The number of para-hydroxylation sites is 1. The van der Waals surface area contributed by atoms with Crippen LogP contribution in [0.25, 0.3) is 10.9 Å². The maximum absolute atomic E-state index is 12.7. The number of hydrogen-bond donors (Lipinski definition) is 1. The van der Waals surface area contributed by atoms with Gasteiger partial charge in [0.25, 0.3) is 0 Å². The van der Waals surface area contributed by atoms with Gasteiger partial charge in [-0.05, 0) is 29.8 Å². The number of halogens is 3. The smallest absolute Gasteiger partial charge is 0.388 e. The molecular weight excluding hydrogens is 303 g/mol. The van der Waals surface area contributed by atoms with E-state index < -0.39 is 17.8 Å². The first-order chi connectivity index (χ1) is 10.9. The second-order valence-corrected chi connectivity index (χ2v) is 5.34. The molecule has 2 aromatic carbocycles. The van der Waals surface area contributed by atoms with Crippen LogP contribution in [-0.2, 0) is 12.6 Å². The third-order valence-electron chi connectivity index (χ3n) is 3.66. The van der Waals surface area contributed by atoms with Crippen LogP contribution in [0, 0.1) is 0 Å². The van der Waals surface area contributed by atoms with Gasteiger partial charge in [0.2, 0.25) is 0 Å². The van der Waals surface area contributed by atoms with Crippen molar-refractivity contribution in [1.29, 1.82) is 0 Å². The molecule has 1 heterocycles. The van der Waals surface area contributed by atoms with Gasteiger partial charge in [0, 0.05) is 17.5 Å². The Morgan fingerprint density at radius 2 is 1.74 bits per heavy atom. The molecule has 3 rings (SSSR count). The summed E-state index contributed by atoms with van der Waals surface area (Å²) in [7, 11) is 0. The summed E-state index contributed by atoms with van der Waals surface area (Å²) in [6.45, 7) is 0. The molecule has 5 heteroatoms. The van der Waals surface area contributed by atoms with Gasteiger partial charge in [0.15, 0.2) is 0 Å². The van der Waals surface area contributed by atoms with Crippen LogP contribution in [0.15, 0.2) is 60.7 Å². The molecule has 0 amide bonds. The van der Waals surface area contributed by atoms with Crippen molar-refractivity contribution >= 4 is 10.9 Å². The van der Waals surface area contributed by atoms with E-state index in [1.54, 1.807) is 6.07 Å². The van der Waals surface area contributed by atoms with Crippen molar-refractivity contribution in [2.75, 3.05) is 0 Å². The lowest BCUT2D eigenvalue weighted by molar-refractivity contribution is -0.137. The Bertz CT molecular complexity index is 830. The zero-order chi connectivity index (χ0) is 16.4. The molecule has 0 radical (unpaired) electrons. The first-order valence-electron chi connectivity index (χ1n) is 7.13. The first kappa shape index (κ1) is 15.5. The Labute approximate surface area is 131 Å². The van der Waals surface area contributed by atoms with E-state index in [0.717, 1.165) is 23.0 Å². The quantitative estimate of drug-likeness (QED) is 0.770. The number of pyridine rings is 1. The fourth-order valence-electron chi connectivity index (χ4n) is 2.46. The highest BCUT2D eigenvalue weighted by Crippen LogP contribution is 2.31. The summed E-state index contributed by atoms with van der Waals surface area (Å²) in [5.41, 5.74) is 0.894. The van der Waals surface area contributed by atoms with E-state index in [0.29, 0.717) is 5.69 Å². The maximum atomic E-state index is 12.7. The van der Waals surface area contributed by atoms with Crippen molar-refractivity contribution in [3.63, 3.8) is 0 Å². The summed E-state index contributed by atoms with van der Waals surface area (Å²) in [5, 5.41) is 11.2. The average molecular weight is 317 g/mol. The van der Waals surface area contributed by atoms with Crippen LogP contribution in [0.2, 0.25) is 0 Å². The number of aliphatic hydroxyl groups excluding tert-OH is 1. The van der Waals surface area contributed by atoms with Crippen LogP contribution in [0.3, 0.4) is 0 Å². The minimum absolute atomic E-state index is 0.159. The summed E-state index contributed by atoms with van der Waals surface area (Å²) in [6, 6.07) is 16.0. The fourth-order valence-corrected chi connectivity index (χ4v) is 2.46. The van der Waals surface area contributed by atoms with E-state index in [4.69, 9.17) is 0 Å². The minimum atomic E-state index is -4.42. The van der Waals surface area contributed by atoms with E-state index in [1.165, 1.54) is 12.1 Å². The standard InChI is InChI=1S/C18H14F3NO/c19-18(20,21)14-6-3-5-13(10-14)17(23)11-15-9-8-12-4-1-2-7-16(12)22-15/h1-10,17,23H,11H2. The van der Waals surface area contributed by atoms with Crippen molar-refractivity contribution in [1.82, 2.24) is 4.98 Å². The number of nitrogens with zero attached hydrogens (tertiary/aromatic N) is 1. The highest BCUT2D eigenvalue weighted by Gasteiger charge is 2.30. The molecule has 0 spiro atoms. The van der Waals surface area contributed by atoms with Gasteiger partial charge >= 0.3 is 6.18 Å². The van der Waals surface area contributed by atoms with E-state index >= 15 is 0 Å². The Kier molecular flexibility index (Phi) is 4.05. The monoisotopic (exact) mass is 317 g/mol. The topological polar surface area (TPSA) is 33.1 Å². The largest absolute Gasteiger partial charge is 0.416 e. The van der Waals surface area contributed by atoms with Crippen LogP contribution >= 0.6 is 0 Å². The zero-order valence-corrected chi connectivity index (χ0v) is 12.1. The van der Waals surface area contributed by atoms with E-state index in [9.17, 15) is 18.3 Å². The molecule has 118 valence electrons. The van der Waals surface area contributed by atoms with Crippen molar-refractivity contribution < 1.29 is 18.3 Å². The van der Waals surface area contributed by atoms with Crippen molar-refractivity contribution in [2.45, 2.75) is 18.7 Å². The summed E-state index contributed by atoms with van der Waals surface area (Å²) in [4.78, 5) is 4.43. The molecule has 0 aliphatic heterocycles. The summed E-state index contributed by atoms with van der Waals surface area (Å²) < 4.78 is 38.2. The lowest BCUT2D eigenvalue weighted by atomic mass is 10.0. The SMILES string of the molecule is OC(Cc1ccc2ccccc2n1)c1cccc(C(F)(F)F)c1. The predicted octanol–water partition coefficient (Wildman–Crippen LogP) is 4.53. The van der Waals surface area contributed by atoms with E-state index in [2.05, 4.69) is 4.98 Å². The third-order valence-corrected chi connectivity index (χ3v) is 3.66. The van der Waals surface area contributed by atoms with E-state index in [-0.39, 0.29) is 12.0 Å². The molecule has 1 N–H and O–H groups in total. The molecule has 1 aromatic heterocycles. The normalized spacial score (nSPS) is 13.2. The van der Waals surface area contributed by atoms with Gasteiger partial charge in [0.1, 0.15) is 0 Å². The number of aliphatic hydroxyl groups is 1. The molecule has 0 fully saturated rings. The number of aromatic nitrogens is 1. The molecule has 2 nitrogen and oxygen atoms in total. The lowest BCUT2D eigenvalue weighted by Crippen LogP contribution is -2.08. The molecule has 0 aliphatic carbocycles. The number of alkyl halides is 3. The predicted molar refractivity (Wildman–Crippen MR) is 81.9 cm³/mol. The van der Waals surface area contributed by atoms with Gasteiger partial charge in [-0.15, -0.1) is 0 Å². The molecule has 0 aliphatic rings. The second-order valence-electron chi connectivity index (χ2n) is 5.34. The first-order valence-corrected chi connectivity index (χ1v) is 7.13. The van der Waals surface area contributed by atoms with Gasteiger partial charge in [-0.2, -0.15) is 13.2 Å². The van der Waals surface area contributed by atoms with Crippen LogP contribution < -0.4 is 0 Å².